The van der Waals surface area contributed by atoms with Crippen LogP contribution in [0.4, 0.5) is 0 Å². The lowest BCUT2D eigenvalue weighted by molar-refractivity contribution is -0.124. The van der Waals surface area contributed by atoms with Crippen molar-refractivity contribution in [1.82, 2.24) is 5.32 Å². The molecule has 24 heavy (non-hydrogen) atoms. The third kappa shape index (κ3) is 4.78. The summed E-state index contributed by atoms with van der Waals surface area (Å²) in [5.74, 6) is 0.353. The minimum absolute atomic E-state index is 0.245. The van der Waals surface area contributed by atoms with Crippen LogP contribution in [0.25, 0.3) is 0 Å². The first-order valence-corrected chi connectivity index (χ1v) is 8.07. The van der Waals surface area contributed by atoms with E-state index in [1.165, 1.54) is 19.2 Å². The molecule has 0 radical (unpaired) electrons. The number of methoxy groups -OCH3 is 1. The maximum absolute atomic E-state index is 12.1. The van der Waals surface area contributed by atoms with Gasteiger partial charge in [0, 0.05) is 6.54 Å². The minimum Gasteiger partial charge on any atom is -0.493 e. The third-order valence-corrected chi connectivity index (χ3v) is 3.50. The van der Waals surface area contributed by atoms with E-state index in [1.807, 2.05) is 0 Å². The summed E-state index contributed by atoms with van der Waals surface area (Å²) in [5, 5.41) is 2.71. The molecule has 1 N–H and O–H groups in total. The Labute approximate surface area is 141 Å². The summed E-state index contributed by atoms with van der Waals surface area (Å²) in [5.41, 5.74) is 0.245. The summed E-state index contributed by atoms with van der Waals surface area (Å²) in [6, 6.07) is 3.04. The SMILES string of the molecule is CCCCCNC(=O)COC(=O)c1cc(OC)c2c(c1)OCCO2. The first-order chi connectivity index (χ1) is 11.7. The Morgan fingerprint density at radius 2 is 2.00 bits per heavy atom. The van der Waals surface area contributed by atoms with Crippen LogP contribution in [-0.2, 0) is 9.53 Å². The van der Waals surface area contributed by atoms with Crippen LogP contribution in [-0.4, -0.2) is 45.4 Å². The lowest BCUT2D eigenvalue weighted by atomic mass is 10.1. The number of nitrogens with one attached hydrogen (secondary N) is 1. The molecule has 0 saturated carbocycles. The van der Waals surface area contributed by atoms with Gasteiger partial charge in [0.2, 0.25) is 5.75 Å². The molecule has 0 spiro atoms. The largest absolute Gasteiger partial charge is 0.493 e. The molecule has 1 aliphatic rings. The molecule has 0 atom stereocenters. The van der Waals surface area contributed by atoms with E-state index in [0.717, 1.165) is 19.3 Å². The molecule has 0 bridgehead atoms. The van der Waals surface area contributed by atoms with Crippen molar-refractivity contribution in [3.63, 3.8) is 0 Å². The Bertz CT molecular complexity index is 569. The normalized spacial score (nSPS) is 12.4. The number of carbonyl (C=O) groups excluding carboxylic acids is 2. The quantitative estimate of drug-likeness (QED) is 0.576. The van der Waals surface area contributed by atoms with Crippen LogP contribution < -0.4 is 19.5 Å². The molecule has 0 fully saturated rings. The van der Waals surface area contributed by atoms with Crippen molar-refractivity contribution in [2.75, 3.05) is 33.5 Å². The number of amides is 1. The van der Waals surface area contributed by atoms with Gasteiger partial charge in [-0.25, -0.2) is 4.79 Å². The summed E-state index contributed by atoms with van der Waals surface area (Å²) in [6.07, 6.45) is 3.05. The van der Waals surface area contributed by atoms with Crippen LogP contribution in [0.5, 0.6) is 17.2 Å². The average Bonchev–Trinajstić information content (AvgIpc) is 2.62. The molecule has 1 aliphatic heterocycles. The Morgan fingerprint density at radius 1 is 1.21 bits per heavy atom. The lowest BCUT2D eigenvalue weighted by Gasteiger charge is -2.21. The molecule has 1 aromatic carbocycles. The van der Waals surface area contributed by atoms with Gasteiger partial charge in [-0.1, -0.05) is 19.8 Å². The highest BCUT2D eigenvalue weighted by molar-refractivity contribution is 5.92. The van der Waals surface area contributed by atoms with Gasteiger partial charge in [0.25, 0.3) is 5.91 Å². The molecule has 7 nitrogen and oxygen atoms in total. The van der Waals surface area contributed by atoms with E-state index < -0.39 is 5.97 Å². The van der Waals surface area contributed by atoms with E-state index in [9.17, 15) is 9.59 Å². The molecule has 1 aromatic rings. The molecule has 0 aliphatic carbocycles. The fourth-order valence-electron chi connectivity index (χ4n) is 2.26. The highest BCUT2D eigenvalue weighted by atomic mass is 16.6. The summed E-state index contributed by atoms with van der Waals surface area (Å²) in [6.45, 7) is 3.18. The first-order valence-electron chi connectivity index (χ1n) is 8.07. The summed E-state index contributed by atoms with van der Waals surface area (Å²) >= 11 is 0. The van der Waals surface area contributed by atoms with Crippen molar-refractivity contribution in [2.45, 2.75) is 26.2 Å². The second-order valence-electron chi connectivity index (χ2n) is 5.34. The van der Waals surface area contributed by atoms with Crippen LogP contribution >= 0.6 is 0 Å². The van der Waals surface area contributed by atoms with Gasteiger partial charge in [-0.3, -0.25) is 4.79 Å². The summed E-state index contributed by atoms with van der Waals surface area (Å²) in [4.78, 5) is 23.8. The Morgan fingerprint density at radius 3 is 2.75 bits per heavy atom. The molecule has 0 saturated heterocycles. The van der Waals surface area contributed by atoms with Gasteiger partial charge in [0.1, 0.15) is 13.2 Å². The Kier molecular flexibility index (Phi) is 6.72. The van der Waals surface area contributed by atoms with Gasteiger partial charge in [-0.05, 0) is 18.6 Å². The number of benzene rings is 1. The van der Waals surface area contributed by atoms with Crippen molar-refractivity contribution < 1.29 is 28.5 Å². The highest BCUT2D eigenvalue weighted by Crippen LogP contribution is 2.40. The topological polar surface area (TPSA) is 83.1 Å². The van der Waals surface area contributed by atoms with Crippen molar-refractivity contribution in [1.29, 1.82) is 0 Å². The number of esters is 1. The van der Waals surface area contributed by atoms with Crippen molar-refractivity contribution in [3.8, 4) is 17.2 Å². The summed E-state index contributed by atoms with van der Waals surface area (Å²) < 4.78 is 21.2. The van der Waals surface area contributed by atoms with Crippen LogP contribution in [0.1, 0.15) is 36.5 Å². The number of rotatable bonds is 8. The van der Waals surface area contributed by atoms with Crippen LogP contribution in [0.15, 0.2) is 12.1 Å². The van der Waals surface area contributed by atoms with E-state index in [1.54, 1.807) is 0 Å². The van der Waals surface area contributed by atoms with Crippen LogP contribution in [0, 0.1) is 0 Å². The van der Waals surface area contributed by atoms with Gasteiger partial charge in [-0.2, -0.15) is 0 Å². The maximum Gasteiger partial charge on any atom is 0.338 e. The number of unbranched alkanes of at least 4 members (excludes halogenated alkanes) is 2. The standard InChI is InChI=1S/C17H23NO6/c1-3-4-5-6-18-15(19)11-24-17(20)12-9-13(21-2)16-14(10-12)22-7-8-23-16/h9-10H,3-8,11H2,1-2H3,(H,18,19). The molecule has 0 unspecified atom stereocenters. The molecule has 0 aromatic heterocycles. The molecule has 7 heteroatoms. The first kappa shape index (κ1) is 17.9. The third-order valence-electron chi connectivity index (χ3n) is 3.50. The van der Waals surface area contributed by atoms with Gasteiger partial charge in [0.05, 0.1) is 12.7 Å². The second-order valence-corrected chi connectivity index (χ2v) is 5.34. The van der Waals surface area contributed by atoms with Crippen molar-refractivity contribution >= 4 is 11.9 Å². The monoisotopic (exact) mass is 337 g/mol. The minimum atomic E-state index is -0.617. The molecule has 132 valence electrons. The zero-order valence-electron chi connectivity index (χ0n) is 14.1. The van der Waals surface area contributed by atoms with Gasteiger partial charge < -0.3 is 24.3 Å². The Balaban J connectivity index is 1.91. The van der Waals surface area contributed by atoms with Gasteiger partial charge in [0.15, 0.2) is 18.1 Å². The molecule has 1 heterocycles. The molecular weight excluding hydrogens is 314 g/mol. The predicted molar refractivity (Wildman–Crippen MR) is 86.8 cm³/mol. The molecule has 2 rings (SSSR count). The van der Waals surface area contributed by atoms with E-state index >= 15 is 0 Å². The fourth-order valence-corrected chi connectivity index (χ4v) is 2.26. The second kappa shape index (κ2) is 9.00. The molecule has 1 amide bonds. The fraction of sp³-hybridized carbons (Fsp3) is 0.529. The van der Waals surface area contributed by atoms with Gasteiger partial charge >= 0.3 is 5.97 Å². The number of carbonyl (C=O) groups is 2. The van der Waals surface area contributed by atoms with E-state index in [2.05, 4.69) is 12.2 Å². The van der Waals surface area contributed by atoms with Crippen LogP contribution in [0.2, 0.25) is 0 Å². The van der Waals surface area contributed by atoms with E-state index in [-0.39, 0.29) is 18.1 Å². The highest BCUT2D eigenvalue weighted by Gasteiger charge is 2.21. The molecular formula is C17H23NO6. The number of hydrogen-bond donors (Lipinski definition) is 1. The smallest absolute Gasteiger partial charge is 0.338 e. The lowest BCUT2D eigenvalue weighted by Crippen LogP contribution is -2.29. The zero-order valence-corrected chi connectivity index (χ0v) is 14.1. The number of fused-ring (bicyclic) bond motifs is 1. The summed E-state index contributed by atoms with van der Waals surface area (Å²) in [7, 11) is 1.48. The number of ether oxygens (including phenoxy) is 4. The number of hydrogen-bond acceptors (Lipinski definition) is 6. The Hall–Kier alpha value is -2.44. The van der Waals surface area contributed by atoms with Crippen molar-refractivity contribution in [3.05, 3.63) is 17.7 Å². The predicted octanol–water partition coefficient (Wildman–Crippen LogP) is 1.93. The average molecular weight is 337 g/mol. The zero-order chi connectivity index (χ0) is 17.4. The van der Waals surface area contributed by atoms with Crippen molar-refractivity contribution in [2.24, 2.45) is 0 Å². The van der Waals surface area contributed by atoms with E-state index in [4.69, 9.17) is 18.9 Å². The van der Waals surface area contributed by atoms with E-state index in [0.29, 0.717) is 37.0 Å². The van der Waals surface area contributed by atoms with Gasteiger partial charge in [-0.15, -0.1) is 0 Å². The van der Waals surface area contributed by atoms with Crippen LogP contribution in [0.3, 0.4) is 0 Å². The maximum atomic E-state index is 12.1.